The highest BCUT2D eigenvalue weighted by molar-refractivity contribution is 9.10. The van der Waals surface area contributed by atoms with Crippen molar-refractivity contribution in [2.45, 2.75) is 53.6 Å². The third-order valence-corrected chi connectivity index (χ3v) is 20.0. The molecule has 14 rings (SSSR count). The van der Waals surface area contributed by atoms with Crippen molar-refractivity contribution in [2.24, 2.45) is 0 Å². The summed E-state index contributed by atoms with van der Waals surface area (Å²) in [5, 5.41) is 20.2. The van der Waals surface area contributed by atoms with Crippen LogP contribution in [-0.4, -0.2) is 137 Å². The summed E-state index contributed by atoms with van der Waals surface area (Å²) < 4.78 is 64.4. The van der Waals surface area contributed by atoms with E-state index in [9.17, 15) is 29.1 Å². The minimum Gasteiger partial charge on any atom is -0.497 e. The quantitative estimate of drug-likeness (QED) is 0.0332. The van der Waals surface area contributed by atoms with Crippen LogP contribution in [0.5, 0.6) is 69.1 Å². The Morgan fingerprint density at radius 3 is 1.37 bits per heavy atom. The number of ketones is 1. The standard InChI is InChI=1S/C26H26N2O5.C23H21ClN2O5.C13H14BrNO3.C12H13NO3.C11H8ClNO2/c1-6-7-21-19(11-15-10-16(31-3)8-9-20(15)28-21)25(29)24-18-13-23(33-5)22(32-4)12-17(18)14(2)27-26(24)30;1-11-14-9-18(30-3)19(31-4)10-15(14)20(23(28)25-11)21(27)16-8-12-7-13(29-2)5-6-17(12)26-22(16)24;1-7-8-5-10(16-2)11(17-3)6-9(8)12(14)13(15-7)18-4;1-7-9-6-11(16-3)10(15-2)4-8(9)5-12(14)13-7;1-15-9-2-3-10-7(5-9)4-8(6-14)11(12)13-10/h8-13H,6-7H2,1-5H3,(H,27,30);5-10,21,27H,1-4H3,(H,25,28);5-6H,1-4H3;4-6H,1-3H3,(H,13,14);2-6H,1H3. The first kappa shape index (κ1) is 83.2. The highest BCUT2D eigenvalue weighted by Gasteiger charge is 2.27. The van der Waals surface area contributed by atoms with E-state index in [0.29, 0.717) is 132 Å². The number of hydrogen-bond acceptors (Lipinski definition) is 22. The lowest BCUT2D eigenvalue weighted by Gasteiger charge is -2.18. The molecule has 28 heteroatoms. The third kappa shape index (κ3) is 17.8. The summed E-state index contributed by atoms with van der Waals surface area (Å²) >= 11 is 15.7. The van der Waals surface area contributed by atoms with Crippen LogP contribution in [-0.2, 0) is 6.42 Å². The van der Waals surface area contributed by atoms with Gasteiger partial charge in [0.05, 0.1) is 129 Å². The van der Waals surface area contributed by atoms with Gasteiger partial charge in [0, 0.05) is 88.4 Å². The summed E-state index contributed by atoms with van der Waals surface area (Å²) in [6.45, 7) is 9.39. The first-order valence-corrected chi connectivity index (χ1v) is 36.4. The second-order valence-corrected chi connectivity index (χ2v) is 26.8. The molecular formula is C85H82BrCl2N7O18. The molecule has 1 atom stereocenters. The zero-order chi connectivity index (χ0) is 81.8. The van der Waals surface area contributed by atoms with Crippen molar-refractivity contribution in [3.8, 4) is 69.1 Å². The topological polar surface area (TPSA) is 315 Å². The molecule has 586 valence electrons. The van der Waals surface area contributed by atoms with Crippen molar-refractivity contribution in [1.29, 1.82) is 0 Å². The van der Waals surface area contributed by atoms with Crippen LogP contribution in [0.2, 0.25) is 10.3 Å². The van der Waals surface area contributed by atoms with Crippen molar-refractivity contribution >= 4 is 127 Å². The highest BCUT2D eigenvalue weighted by Crippen LogP contribution is 2.42. The maximum absolute atomic E-state index is 13.9. The van der Waals surface area contributed by atoms with Crippen molar-refractivity contribution in [3.63, 3.8) is 0 Å². The number of ether oxygens (including phenoxy) is 12. The minimum absolute atomic E-state index is 0.0537. The smallest absolute Gasteiger partial charge is 0.260 e. The van der Waals surface area contributed by atoms with Gasteiger partial charge in [0.25, 0.3) is 11.1 Å². The normalized spacial score (nSPS) is 11.1. The fourth-order valence-corrected chi connectivity index (χ4v) is 13.9. The zero-order valence-electron chi connectivity index (χ0n) is 65.0. The van der Waals surface area contributed by atoms with Crippen LogP contribution in [0.15, 0.2) is 146 Å². The van der Waals surface area contributed by atoms with Gasteiger partial charge in [0.15, 0.2) is 52.3 Å². The maximum Gasteiger partial charge on any atom is 0.260 e. The van der Waals surface area contributed by atoms with Crippen LogP contribution >= 0.6 is 39.1 Å². The number of aliphatic hydroxyl groups is 1. The fourth-order valence-electron chi connectivity index (χ4n) is 12.9. The number of rotatable bonds is 19. The van der Waals surface area contributed by atoms with E-state index in [4.69, 9.17) is 85.0 Å². The summed E-state index contributed by atoms with van der Waals surface area (Å²) in [5.41, 5.74) is 6.12. The van der Waals surface area contributed by atoms with Crippen LogP contribution in [0.3, 0.4) is 0 Å². The molecule has 7 heterocycles. The number of carbonyl (C=O) groups is 2. The van der Waals surface area contributed by atoms with Crippen LogP contribution in [0.25, 0.3) is 75.8 Å². The number of hydrogen-bond donors (Lipinski definition) is 4. The highest BCUT2D eigenvalue weighted by atomic mass is 79.9. The molecule has 0 bridgehead atoms. The predicted molar refractivity (Wildman–Crippen MR) is 443 cm³/mol. The molecule has 1 unspecified atom stereocenters. The molecule has 113 heavy (non-hydrogen) atoms. The Balaban J connectivity index is 0.000000156. The van der Waals surface area contributed by atoms with Gasteiger partial charge in [-0.3, -0.25) is 29.0 Å². The Morgan fingerprint density at radius 2 is 0.876 bits per heavy atom. The number of aromatic amines is 3. The van der Waals surface area contributed by atoms with Crippen molar-refractivity contribution in [2.75, 3.05) is 85.3 Å². The van der Waals surface area contributed by atoms with E-state index in [-0.39, 0.29) is 32.8 Å². The van der Waals surface area contributed by atoms with Crippen LogP contribution < -0.4 is 73.5 Å². The van der Waals surface area contributed by atoms with E-state index >= 15 is 0 Å². The predicted octanol–water partition coefficient (Wildman–Crippen LogP) is 16.6. The lowest BCUT2D eigenvalue weighted by Crippen LogP contribution is -2.21. The average Bonchev–Trinajstić information content (AvgIpc) is 0.757. The molecule has 0 saturated heterocycles. The van der Waals surface area contributed by atoms with Gasteiger partial charge in [-0.15, -0.1) is 0 Å². The number of nitrogens with zero attached hydrogens (tertiary/aromatic N) is 4. The van der Waals surface area contributed by atoms with E-state index in [0.717, 1.165) is 82.2 Å². The van der Waals surface area contributed by atoms with Crippen LogP contribution in [0.4, 0.5) is 0 Å². The molecule has 14 aromatic rings. The Labute approximate surface area is 667 Å². The number of H-pyrrole nitrogens is 3. The number of carbonyl (C=O) groups excluding carboxylic acids is 2. The number of aliphatic hydroxyl groups excluding tert-OH is 1. The molecule has 0 aliphatic carbocycles. The van der Waals surface area contributed by atoms with Gasteiger partial charge in [-0.05, 0) is 182 Å². The molecule has 0 aliphatic heterocycles. The first-order valence-electron chi connectivity index (χ1n) is 34.8. The van der Waals surface area contributed by atoms with Gasteiger partial charge in [-0.1, -0.05) is 36.5 Å². The number of benzene rings is 7. The van der Waals surface area contributed by atoms with E-state index < -0.39 is 17.2 Å². The van der Waals surface area contributed by atoms with Gasteiger partial charge in [-0.2, -0.15) is 0 Å². The molecule has 0 amide bonds. The number of aryl methyl sites for hydroxylation is 5. The van der Waals surface area contributed by atoms with Gasteiger partial charge in [0.2, 0.25) is 17.2 Å². The van der Waals surface area contributed by atoms with E-state index in [2.05, 4.69) is 45.8 Å². The van der Waals surface area contributed by atoms with Crippen LogP contribution in [0, 0.1) is 27.7 Å². The Kier molecular flexibility index (Phi) is 27.1. The Bertz CT molecular complexity index is 6170. The van der Waals surface area contributed by atoms with Crippen molar-refractivity contribution < 1.29 is 71.5 Å². The molecule has 7 aromatic carbocycles. The Hall–Kier alpha value is -12.2. The number of aldehydes is 1. The molecule has 25 nitrogen and oxygen atoms in total. The molecule has 0 fully saturated rings. The summed E-state index contributed by atoms with van der Waals surface area (Å²) in [4.78, 5) is 87.8. The fraction of sp³-hybridized carbons (Fsp3) is 0.235. The van der Waals surface area contributed by atoms with Gasteiger partial charge < -0.3 is 76.9 Å². The molecule has 4 N–H and O–H groups in total. The summed E-state index contributed by atoms with van der Waals surface area (Å²) in [5.74, 6) is 6.79. The van der Waals surface area contributed by atoms with E-state index in [1.165, 1.54) is 21.3 Å². The lowest BCUT2D eigenvalue weighted by molar-refractivity contribution is 0.103. The maximum atomic E-state index is 13.9. The summed E-state index contributed by atoms with van der Waals surface area (Å²) in [6, 6.07) is 37.4. The number of nitrogens with one attached hydrogen (secondary N) is 3. The molecule has 0 aliphatic rings. The number of fused-ring (bicyclic) bond motifs is 7. The van der Waals surface area contributed by atoms with Crippen molar-refractivity contribution in [3.05, 3.63) is 230 Å². The second-order valence-electron chi connectivity index (χ2n) is 25.3. The zero-order valence-corrected chi connectivity index (χ0v) is 68.1. The summed E-state index contributed by atoms with van der Waals surface area (Å²) in [7, 11) is 18.8. The number of halogens is 3. The molecule has 0 radical (unpaired) electrons. The Morgan fingerprint density at radius 1 is 0.451 bits per heavy atom. The number of aromatic nitrogens is 7. The van der Waals surface area contributed by atoms with Gasteiger partial charge in [-0.25, -0.2) is 15.0 Å². The third-order valence-electron chi connectivity index (χ3n) is 18.6. The largest absolute Gasteiger partial charge is 0.497 e. The molecule has 0 spiro atoms. The SMILES string of the molecule is CCCc1nc2ccc(OC)cc2cc1C(=O)c1c(=O)[nH]c(C)c2cc(OC)c(OC)cc12.COc1cc2c(C)nc(OC)c(Br)c2cc1OC.COc1cc2cc(=O)[nH]c(C)c2cc1OC.COc1ccc2nc(Cl)c(C(O)c3c(=O)[nH]c(C)c4cc(OC)c(OC)cc34)cc2c1.COc1ccc2nc(Cl)c(C=O)cc2c1. The van der Waals surface area contributed by atoms with Crippen molar-refractivity contribution in [1.82, 2.24) is 34.9 Å². The van der Waals surface area contributed by atoms with Gasteiger partial charge >= 0.3 is 0 Å². The number of pyridine rings is 7. The minimum atomic E-state index is -1.32. The second kappa shape index (κ2) is 36.7. The summed E-state index contributed by atoms with van der Waals surface area (Å²) in [6.07, 6.45) is 0.793. The number of methoxy groups -OCH3 is 12. The average molecular weight is 1640 g/mol. The van der Waals surface area contributed by atoms with E-state index in [1.54, 1.807) is 163 Å². The van der Waals surface area contributed by atoms with E-state index in [1.807, 2.05) is 63.2 Å². The first-order chi connectivity index (χ1) is 54.3. The molecular weight excluding hydrogens is 1560 g/mol. The van der Waals surface area contributed by atoms with Crippen LogP contribution in [0.1, 0.15) is 85.3 Å². The molecule has 7 aromatic heterocycles. The molecule has 0 saturated carbocycles. The monoisotopic (exact) mass is 1640 g/mol. The lowest BCUT2D eigenvalue weighted by atomic mass is 9.94. The van der Waals surface area contributed by atoms with Gasteiger partial charge in [0.1, 0.15) is 33.7 Å².